The van der Waals surface area contributed by atoms with Gasteiger partial charge in [0.2, 0.25) is 0 Å². The van der Waals surface area contributed by atoms with Crippen molar-refractivity contribution < 1.29 is 24.2 Å². The number of aliphatic hydroxyl groups is 1. The number of amides is 1. The third kappa shape index (κ3) is 3.23. The number of hydrogen-bond acceptors (Lipinski definition) is 5. The molecule has 0 saturated heterocycles. The summed E-state index contributed by atoms with van der Waals surface area (Å²) < 4.78 is 6.92. The van der Waals surface area contributed by atoms with Gasteiger partial charge in [0.15, 0.2) is 11.8 Å². The predicted octanol–water partition coefficient (Wildman–Crippen LogP) is -0.300. The Hall–Kier alpha value is -2.61. The molecule has 8 nitrogen and oxygen atoms in total. The molecule has 106 valence electrons. The number of rotatable bonds is 6. The number of carbonyl (C=O) groups is 2. The highest BCUT2D eigenvalue weighted by atomic mass is 16.4. The van der Waals surface area contributed by atoms with Crippen molar-refractivity contribution >= 4 is 11.9 Å². The minimum absolute atomic E-state index is 0.0214. The fourth-order valence-electron chi connectivity index (χ4n) is 1.55. The molecule has 3 N–H and O–H groups in total. The first-order chi connectivity index (χ1) is 9.60. The SMILES string of the molecule is O=C(N[C@H](CO)C(=O)O)c1ccc(Cn2cccn2)o1. The van der Waals surface area contributed by atoms with Crippen LogP contribution in [0.3, 0.4) is 0 Å². The van der Waals surface area contributed by atoms with E-state index >= 15 is 0 Å². The third-order valence-corrected chi connectivity index (χ3v) is 2.55. The molecule has 0 aliphatic carbocycles. The topological polar surface area (TPSA) is 118 Å². The molecule has 2 aromatic heterocycles. The Balaban J connectivity index is 2.01. The van der Waals surface area contributed by atoms with Gasteiger partial charge in [0.1, 0.15) is 5.76 Å². The van der Waals surface area contributed by atoms with Crippen LogP contribution >= 0.6 is 0 Å². The zero-order valence-electron chi connectivity index (χ0n) is 10.4. The molecule has 8 heteroatoms. The fourth-order valence-corrected chi connectivity index (χ4v) is 1.55. The lowest BCUT2D eigenvalue weighted by atomic mass is 10.3. The van der Waals surface area contributed by atoms with Crippen LogP contribution in [0.4, 0.5) is 0 Å². The molecule has 2 rings (SSSR count). The predicted molar refractivity (Wildman–Crippen MR) is 66.0 cm³/mol. The molecule has 2 heterocycles. The Bertz CT molecular complexity index is 590. The number of furan rings is 1. The van der Waals surface area contributed by atoms with Crippen LogP contribution in [-0.4, -0.2) is 44.5 Å². The highest BCUT2D eigenvalue weighted by Gasteiger charge is 2.21. The molecular weight excluding hydrogens is 266 g/mol. The van der Waals surface area contributed by atoms with E-state index in [4.69, 9.17) is 14.6 Å². The van der Waals surface area contributed by atoms with Crippen LogP contribution in [0.1, 0.15) is 16.3 Å². The molecule has 2 aromatic rings. The maximum Gasteiger partial charge on any atom is 0.328 e. The van der Waals surface area contributed by atoms with Crippen molar-refractivity contribution in [1.82, 2.24) is 15.1 Å². The van der Waals surface area contributed by atoms with Crippen molar-refractivity contribution in [3.05, 3.63) is 42.1 Å². The van der Waals surface area contributed by atoms with E-state index in [-0.39, 0.29) is 5.76 Å². The van der Waals surface area contributed by atoms with Crippen molar-refractivity contribution in [3.8, 4) is 0 Å². The Morgan fingerprint density at radius 2 is 2.25 bits per heavy atom. The van der Waals surface area contributed by atoms with E-state index in [1.54, 1.807) is 29.2 Å². The van der Waals surface area contributed by atoms with E-state index in [0.717, 1.165) is 0 Å². The van der Waals surface area contributed by atoms with Crippen LogP contribution in [0, 0.1) is 0 Å². The standard InChI is InChI=1S/C12H13N3O5/c16-7-9(12(18)19)14-11(17)10-3-2-8(20-10)6-15-5-1-4-13-15/h1-5,9,16H,6-7H2,(H,14,17)(H,18,19)/t9-/m1/s1. The van der Waals surface area contributed by atoms with E-state index in [9.17, 15) is 9.59 Å². The van der Waals surface area contributed by atoms with Crippen molar-refractivity contribution in [3.63, 3.8) is 0 Å². The molecule has 0 aromatic carbocycles. The van der Waals surface area contributed by atoms with E-state index in [1.165, 1.54) is 6.07 Å². The molecular formula is C12H13N3O5. The van der Waals surface area contributed by atoms with Gasteiger partial charge in [-0.25, -0.2) is 4.79 Å². The van der Waals surface area contributed by atoms with Crippen LogP contribution in [0.2, 0.25) is 0 Å². The largest absolute Gasteiger partial charge is 0.480 e. The second-order valence-electron chi connectivity index (χ2n) is 4.02. The molecule has 1 amide bonds. The number of carbonyl (C=O) groups excluding carboxylic acids is 1. The second kappa shape index (κ2) is 6.02. The van der Waals surface area contributed by atoms with Gasteiger partial charge in [-0.15, -0.1) is 0 Å². The summed E-state index contributed by atoms with van der Waals surface area (Å²) in [6.07, 6.45) is 3.36. The van der Waals surface area contributed by atoms with Gasteiger partial charge in [0, 0.05) is 12.4 Å². The first kappa shape index (κ1) is 13.8. The van der Waals surface area contributed by atoms with Gasteiger partial charge in [-0.3, -0.25) is 9.48 Å². The number of hydrogen-bond donors (Lipinski definition) is 3. The van der Waals surface area contributed by atoms with Gasteiger partial charge in [-0.2, -0.15) is 5.10 Å². The number of carboxylic acid groups (broad SMARTS) is 1. The molecule has 0 radical (unpaired) electrons. The van der Waals surface area contributed by atoms with Crippen LogP contribution in [0.15, 0.2) is 35.0 Å². The van der Waals surface area contributed by atoms with Crippen molar-refractivity contribution in [2.24, 2.45) is 0 Å². The lowest BCUT2D eigenvalue weighted by Gasteiger charge is -2.09. The maximum absolute atomic E-state index is 11.7. The lowest BCUT2D eigenvalue weighted by Crippen LogP contribution is -2.43. The molecule has 1 atom stereocenters. The molecule has 0 saturated carbocycles. The smallest absolute Gasteiger partial charge is 0.328 e. The van der Waals surface area contributed by atoms with Gasteiger partial charge in [-0.05, 0) is 18.2 Å². The van der Waals surface area contributed by atoms with E-state index in [0.29, 0.717) is 12.3 Å². The molecule has 0 spiro atoms. The molecule has 0 fully saturated rings. The van der Waals surface area contributed by atoms with Gasteiger partial charge in [0.05, 0.1) is 13.2 Å². The zero-order valence-corrected chi connectivity index (χ0v) is 10.4. The molecule has 0 bridgehead atoms. The van der Waals surface area contributed by atoms with E-state index in [1.807, 2.05) is 0 Å². The Morgan fingerprint density at radius 1 is 1.45 bits per heavy atom. The average molecular weight is 279 g/mol. The minimum Gasteiger partial charge on any atom is -0.480 e. The zero-order chi connectivity index (χ0) is 14.5. The summed E-state index contributed by atoms with van der Waals surface area (Å²) in [4.78, 5) is 22.4. The fraction of sp³-hybridized carbons (Fsp3) is 0.250. The van der Waals surface area contributed by atoms with Crippen LogP contribution in [0.25, 0.3) is 0 Å². The number of carboxylic acids is 1. The molecule has 0 aliphatic rings. The highest BCUT2D eigenvalue weighted by molar-refractivity contribution is 5.94. The lowest BCUT2D eigenvalue weighted by molar-refractivity contribution is -0.140. The Kier molecular flexibility index (Phi) is 4.16. The van der Waals surface area contributed by atoms with Crippen LogP contribution < -0.4 is 5.32 Å². The second-order valence-corrected chi connectivity index (χ2v) is 4.02. The van der Waals surface area contributed by atoms with Crippen LogP contribution in [-0.2, 0) is 11.3 Å². The maximum atomic E-state index is 11.7. The quantitative estimate of drug-likeness (QED) is 0.668. The Morgan fingerprint density at radius 3 is 2.85 bits per heavy atom. The number of aliphatic carboxylic acids is 1. The molecule has 20 heavy (non-hydrogen) atoms. The molecule has 0 unspecified atom stereocenters. The summed E-state index contributed by atoms with van der Waals surface area (Å²) in [5.74, 6) is -1.52. The van der Waals surface area contributed by atoms with Gasteiger partial charge < -0.3 is 19.9 Å². The van der Waals surface area contributed by atoms with Gasteiger partial charge >= 0.3 is 5.97 Å². The van der Waals surface area contributed by atoms with E-state index in [2.05, 4.69) is 10.4 Å². The van der Waals surface area contributed by atoms with Gasteiger partial charge in [0.25, 0.3) is 5.91 Å². The summed E-state index contributed by atoms with van der Waals surface area (Å²) in [7, 11) is 0. The summed E-state index contributed by atoms with van der Waals surface area (Å²) in [5.41, 5.74) is 0. The average Bonchev–Trinajstić information content (AvgIpc) is 3.07. The molecule has 0 aliphatic heterocycles. The normalized spacial score (nSPS) is 12.1. The number of nitrogens with zero attached hydrogens (tertiary/aromatic N) is 2. The monoisotopic (exact) mass is 279 g/mol. The first-order valence-corrected chi connectivity index (χ1v) is 5.81. The first-order valence-electron chi connectivity index (χ1n) is 5.81. The summed E-state index contributed by atoms with van der Waals surface area (Å²) >= 11 is 0. The summed E-state index contributed by atoms with van der Waals surface area (Å²) in [6, 6.07) is 3.44. The summed E-state index contributed by atoms with van der Waals surface area (Å²) in [6.45, 7) is -0.329. The van der Waals surface area contributed by atoms with Gasteiger partial charge in [-0.1, -0.05) is 0 Å². The summed E-state index contributed by atoms with van der Waals surface area (Å²) in [5, 5.41) is 23.7. The highest BCUT2D eigenvalue weighted by Crippen LogP contribution is 2.09. The number of aromatic nitrogens is 2. The van der Waals surface area contributed by atoms with E-state index < -0.39 is 24.5 Å². The number of nitrogens with one attached hydrogen (secondary N) is 1. The number of aliphatic hydroxyl groups excluding tert-OH is 1. The van der Waals surface area contributed by atoms with Crippen molar-refractivity contribution in [2.45, 2.75) is 12.6 Å². The van der Waals surface area contributed by atoms with Crippen molar-refractivity contribution in [2.75, 3.05) is 6.61 Å². The van der Waals surface area contributed by atoms with Crippen molar-refractivity contribution in [1.29, 1.82) is 0 Å². The Labute approximate surface area is 113 Å². The third-order valence-electron chi connectivity index (χ3n) is 2.55. The minimum atomic E-state index is -1.36. The van der Waals surface area contributed by atoms with Crippen LogP contribution in [0.5, 0.6) is 0 Å².